The lowest BCUT2D eigenvalue weighted by molar-refractivity contribution is 0.0551. The Morgan fingerprint density at radius 2 is 1.95 bits per heavy atom. The molecule has 1 aliphatic heterocycles. The van der Waals surface area contributed by atoms with Gasteiger partial charge in [0.25, 0.3) is 0 Å². The van der Waals surface area contributed by atoms with Gasteiger partial charge < -0.3 is 20.1 Å². The van der Waals surface area contributed by atoms with E-state index in [1.54, 1.807) is 0 Å². The molecule has 2 rings (SSSR count). The molecule has 1 atom stereocenters. The van der Waals surface area contributed by atoms with E-state index in [1.807, 2.05) is 0 Å². The first kappa shape index (κ1) is 16.2. The number of ether oxygens (including phenoxy) is 1. The van der Waals surface area contributed by atoms with Crippen LogP contribution in [0.3, 0.4) is 0 Å². The van der Waals surface area contributed by atoms with Crippen LogP contribution >= 0.6 is 0 Å². The van der Waals surface area contributed by atoms with Gasteiger partial charge in [0, 0.05) is 31.3 Å². The van der Waals surface area contributed by atoms with Crippen LogP contribution in [0.4, 0.5) is 0 Å². The highest BCUT2D eigenvalue weighted by Crippen LogP contribution is 2.24. The third-order valence-corrected chi connectivity index (χ3v) is 4.66. The van der Waals surface area contributed by atoms with Crippen molar-refractivity contribution in [3.63, 3.8) is 0 Å². The molecule has 0 radical (unpaired) electrons. The predicted molar refractivity (Wildman–Crippen MR) is 81.9 cm³/mol. The molecule has 2 aliphatic rings. The quantitative estimate of drug-likeness (QED) is 0.675. The summed E-state index contributed by atoms with van der Waals surface area (Å²) in [5, 5.41) is 13.2. The number of aliphatic hydroxyl groups excluding tert-OH is 1. The van der Waals surface area contributed by atoms with Gasteiger partial charge in [0.05, 0.1) is 6.61 Å². The maximum absolute atomic E-state index is 9.60. The minimum atomic E-state index is -0.0827. The van der Waals surface area contributed by atoms with Gasteiger partial charge in [-0.2, -0.15) is 0 Å². The summed E-state index contributed by atoms with van der Waals surface area (Å²) in [5.74, 6) is 0.808. The summed E-state index contributed by atoms with van der Waals surface area (Å²) in [5.41, 5.74) is -0.0827. The van der Waals surface area contributed by atoms with Crippen molar-refractivity contribution in [3.8, 4) is 0 Å². The van der Waals surface area contributed by atoms with Crippen molar-refractivity contribution in [2.75, 3.05) is 40.0 Å². The van der Waals surface area contributed by atoms with Crippen molar-refractivity contribution in [2.45, 2.75) is 57.0 Å². The Morgan fingerprint density at radius 3 is 2.55 bits per heavy atom. The van der Waals surface area contributed by atoms with E-state index < -0.39 is 0 Å². The fourth-order valence-electron chi connectivity index (χ4n) is 3.12. The van der Waals surface area contributed by atoms with Crippen LogP contribution in [0.25, 0.3) is 0 Å². The monoisotopic (exact) mass is 284 g/mol. The third-order valence-electron chi connectivity index (χ3n) is 4.66. The molecular formula is C16H32N2O2. The molecule has 118 valence electrons. The molecule has 0 aromatic rings. The Morgan fingerprint density at radius 1 is 1.25 bits per heavy atom. The Labute approximate surface area is 123 Å². The van der Waals surface area contributed by atoms with Gasteiger partial charge in [-0.15, -0.1) is 0 Å². The maximum atomic E-state index is 9.60. The van der Waals surface area contributed by atoms with Gasteiger partial charge in [-0.3, -0.25) is 0 Å². The molecule has 4 heteroatoms. The first-order valence-corrected chi connectivity index (χ1v) is 8.26. The second kappa shape index (κ2) is 7.74. The summed E-state index contributed by atoms with van der Waals surface area (Å²) in [7, 11) is 2.22. The number of hydrogen-bond donors (Lipinski definition) is 2. The first-order valence-electron chi connectivity index (χ1n) is 8.26. The van der Waals surface area contributed by atoms with Crippen LogP contribution in [0.2, 0.25) is 0 Å². The van der Waals surface area contributed by atoms with E-state index in [-0.39, 0.29) is 12.1 Å². The lowest BCUT2D eigenvalue weighted by Crippen LogP contribution is -2.47. The first-order chi connectivity index (χ1) is 9.61. The zero-order chi connectivity index (χ0) is 14.4. The molecule has 4 nitrogen and oxygen atoms in total. The molecular weight excluding hydrogens is 252 g/mol. The van der Waals surface area contributed by atoms with Gasteiger partial charge in [0.1, 0.15) is 0 Å². The molecule has 0 amide bonds. The van der Waals surface area contributed by atoms with Crippen molar-refractivity contribution >= 4 is 0 Å². The minimum absolute atomic E-state index is 0.0827. The van der Waals surface area contributed by atoms with Crippen molar-refractivity contribution in [3.05, 3.63) is 0 Å². The molecule has 2 fully saturated rings. The zero-order valence-electron chi connectivity index (χ0n) is 13.2. The number of aliphatic hydroxyl groups is 1. The fraction of sp³-hybridized carbons (Fsp3) is 1.00. The number of hydrogen-bond acceptors (Lipinski definition) is 4. The average Bonchev–Trinajstić information content (AvgIpc) is 3.23. The van der Waals surface area contributed by atoms with Gasteiger partial charge in [-0.25, -0.2) is 0 Å². The van der Waals surface area contributed by atoms with Crippen molar-refractivity contribution < 1.29 is 9.84 Å². The van der Waals surface area contributed by atoms with Gasteiger partial charge in [0.15, 0.2) is 0 Å². The second-order valence-electron chi connectivity index (χ2n) is 7.06. The largest absolute Gasteiger partial charge is 0.394 e. The molecule has 1 aliphatic carbocycles. The molecule has 20 heavy (non-hydrogen) atoms. The molecule has 1 heterocycles. The molecule has 1 unspecified atom stereocenters. The van der Waals surface area contributed by atoms with Gasteiger partial charge in [-0.1, -0.05) is 0 Å². The Balaban J connectivity index is 1.60. The van der Waals surface area contributed by atoms with E-state index in [0.29, 0.717) is 6.04 Å². The summed E-state index contributed by atoms with van der Waals surface area (Å²) in [6.45, 7) is 6.59. The maximum Gasteiger partial charge on any atom is 0.0610 e. The molecule has 0 aromatic carbocycles. The standard InChI is InChI=1S/C16H32N2O2/c1-16(13-19,17-15-4-5-15)8-3-9-18(2)12-14-6-10-20-11-7-14/h14-15,17,19H,3-13H2,1-2H3. The molecule has 0 aromatic heterocycles. The SMILES string of the molecule is CN(CCCC(C)(CO)NC1CC1)CC1CCOCC1. The molecule has 0 bridgehead atoms. The topological polar surface area (TPSA) is 44.7 Å². The van der Waals surface area contributed by atoms with Crippen molar-refractivity contribution in [1.29, 1.82) is 0 Å². The minimum Gasteiger partial charge on any atom is -0.394 e. The van der Waals surface area contributed by atoms with Crippen LogP contribution in [0.15, 0.2) is 0 Å². The predicted octanol–water partition coefficient (Wildman–Crippen LogP) is 1.63. The molecule has 0 spiro atoms. The fourth-order valence-corrected chi connectivity index (χ4v) is 3.12. The second-order valence-corrected chi connectivity index (χ2v) is 7.06. The molecule has 2 N–H and O–H groups in total. The Kier molecular flexibility index (Phi) is 6.27. The van der Waals surface area contributed by atoms with Crippen LogP contribution in [-0.4, -0.2) is 61.5 Å². The van der Waals surface area contributed by atoms with Crippen molar-refractivity contribution in [1.82, 2.24) is 10.2 Å². The average molecular weight is 284 g/mol. The summed E-state index contributed by atoms with van der Waals surface area (Å²) in [6.07, 6.45) is 7.18. The summed E-state index contributed by atoms with van der Waals surface area (Å²) < 4.78 is 5.41. The van der Waals surface area contributed by atoms with Gasteiger partial charge in [-0.05, 0) is 65.0 Å². The summed E-state index contributed by atoms with van der Waals surface area (Å²) in [4.78, 5) is 2.45. The van der Waals surface area contributed by atoms with Gasteiger partial charge >= 0.3 is 0 Å². The molecule has 1 saturated heterocycles. The lowest BCUT2D eigenvalue weighted by atomic mass is 9.96. The summed E-state index contributed by atoms with van der Waals surface area (Å²) in [6, 6.07) is 0.659. The van der Waals surface area contributed by atoms with E-state index in [9.17, 15) is 5.11 Å². The number of rotatable bonds is 9. The van der Waals surface area contributed by atoms with E-state index in [4.69, 9.17) is 4.74 Å². The highest BCUT2D eigenvalue weighted by molar-refractivity contribution is 4.92. The number of nitrogens with zero attached hydrogens (tertiary/aromatic N) is 1. The highest BCUT2D eigenvalue weighted by Gasteiger charge is 2.31. The van der Waals surface area contributed by atoms with E-state index >= 15 is 0 Å². The van der Waals surface area contributed by atoms with E-state index in [1.165, 1.54) is 32.2 Å². The van der Waals surface area contributed by atoms with Crippen LogP contribution < -0.4 is 5.32 Å². The zero-order valence-corrected chi connectivity index (χ0v) is 13.2. The highest BCUT2D eigenvalue weighted by atomic mass is 16.5. The lowest BCUT2D eigenvalue weighted by Gasteiger charge is -2.31. The van der Waals surface area contributed by atoms with Crippen LogP contribution in [0, 0.1) is 5.92 Å². The normalized spacial score (nSPS) is 24.0. The smallest absolute Gasteiger partial charge is 0.0610 e. The van der Waals surface area contributed by atoms with Crippen LogP contribution in [-0.2, 0) is 4.74 Å². The van der Waals surface area contributed by atoms with Crippen LogP contribution in [0.5, 0.6) is 0 Å². The van der Waals surface area contributed by atoms with Crippen LogP contribution in [0.1, 0.15) is 45.4 Å². The van der Waals surface area contributed by atoms with Crippen molar-refractivity contribution in [2.24, 2.45) is 5.92 Å². The third kappa shape index (κ3) is 5.68. The Hall–Kier alpha value is -0.160. The summed E-state index contributed by atoms with van der Waals surface area (Å²) >= 11 is 0. The molecule has 1 saturated carbocycles. The van der Waals surface area contributed by atoms with E-state index in [0.717, 1.165) is 38.5 Å². The van der Waals surface area contributed by atoms with E-state index in [2.05, 4.69) is 24.2 Å². The Bertz CT molecular complexity index is 278. The number of nitrogens with one attached hydrogen (secondary N) is 1. The van der Waals surface area contributed by atoms with Gasteiger partial charge in [0.2, 0.25) is 0 Å².